The normalized spacial score (nSPS) is 11.2. The first-order chi connectivity index (χ1) is 14.1. The molecule has 148 valence electrons. The number of aromatic amines is 1. The largest absolute Gasteiger partial charge is 0.502 e. The molecule has 0 aliphatic heterocycles. The topological polar surface area (TPSA) is 100 Å². The lowest BCUT2D eigenvalue weighted by molar-refractivity contribution is -0.385. The molecule has 3 aromatic carbocycles. The van der Waals surface area contributed by atoms with Gasteiger partial charge in [-0.15, -0.1) is 0 Å². The van der Waals surface area contributed by atoms with E-state index in [0.29, 0.717) is 26.1 Å². The minimum absolute atomic E-state index is 0.266. The number of phenols is 1. The summed E-state index contributed by atoms with van der Waals surface area (Å²) in [5.41, 5.74) is 2.69. The summed E-state index contributed by atoms with van der Waals surface area (Å²) in [6, 6.07) is 18.7. The summed E-state index contributed by atoms with van der Waals surface area (Å²) in [5, 5.41) is 26.0. The lowest BCUT2D eigenvalue weighted by Crippen LogP contribution is -2.23. The van der Waals surface area contributed by atoms with Gasteiger partial charge in [-0.3, -0.25) is 10.1 Å². The predicted octanol–water partition coefficient (Wildman–Crippen LogP) is 4.15. The Morgan fingerprint density at radius 1 is 1.00 bits per heavy atom. The number of aromatic hydroxyl groups is 1. The van der Waals surface area contributed by atoms with Gasteiger partial charge in [-0.25, -0.2) is 0 Å². The van der Waals surface area contributed by atoms with Crippen molar-refractivity contribution in [1.29, 1.82) is 0 Å². The van der Waals surface area contributed by atoms with Gasteiger partial charge in [0.2, 0.25) is 0 Å². The number of H-pyrrole nitrogens is 1. The van der Waals surface area contributed by atoms with Crippen LogP contribution in [-0.2, 0) is 6.42 Å². The molecular formula is C22H21N3O4. The second kappa shape index (κ2) is 8.20. The number of ether oxygens (including phenoxy) is 1. The number of nitrogens with one attached hydrogen (secondary N) is 2. The molecule has 0 unspecified atom stereocenters. The van der Waals surface area contributed by atoms with E-state index in [9.17, 15) is 15.2 Å². The van der Waals surface area contributed by atoms with Gasteiger partial charge >= 0.3 is 5.69 Å². The second-order valence-corrected chi connectivity index (χ2v) is 6.81. The van der Waals surface area contributed by atoms with Crippen molar-refractivity contribution in [2.45, 2.75) is 6.42 Å². The third-order valence-corrected chi connectivity index (χ3v) is 4.85. The summed E-state index contributed by atoms with van der Waals surface area (Å²) in [4.78, 5) is 13.7. The highest BCUT2D eigenvalue weighted by molar-refractivity contribution is 6.07. The van der Waals surface area contributed by atoms with Crippen molar-refractivity contribution >= 4 is 27.5 Å². The molecule has 3 N–H and O–H groups in total. The van der Waals surface area contributed by atoms with E-state index >= 15 is 0 Å². The van der Waals surface area contributed by atoms with Crippen LogP contribution in [0.1, 0.15) is 5.56 Å². The minimum atomic E-state index is -0.579. The maximum atomic E-state index is 10.9. The number of nitrogens with zero attached hydrogens (tertiary/aromatic N) is 1. The van der Waals surface area contributed by atoms with E-state index in [0.717, 1.165) is 22.3 Å². The number of fused-ring (bicyclic) bond motifs is 3. The third kappa shape index (κ3) is 4.14. The van der Waals surface area contributed by atoms with E-state index < -0.39 is 4.92 Å². The van der Waals surface area contributed by atoms with Crippen molar-refractivity contribution in [3.63, 3.8) is 0 Å². The van der Waals surface area contributed by atoms with Gasteiger partial charge in [-0.2, -0.15) is 0 Å². The molecular weight excluding hydrogens is 370 g/mol. The lowest BCUT2D eigenvalue weighted by atomic mass is 10.1. The maximum absolute atomic E-state index is 10.9. The van der Waals surface area contributed by atoms with Gasteiger partial charge in [0.25, 0.3) is 0 Å². The molecule has 7 nitrogen and oxygen atoms in total. The molecule has 0 radical (unpaired) electrons. The number of benzene rings is 3. The maximum Gasteiger partial charge on any atom is 0.310 e. The standard InChI is InChI=1S/C22H21N3O4/c26-22-8-5-15(13-21(22)25(27)28)9-10-23-11-12-29-16-6-7-18-17-3-1-2-4-19(17)24-20(18)14-16/h1-8,13-14,23-24,26H,9-12H2. The highest BCUT2D eigenvalue weighted by Crippen LogP contribution is 2.28. The molecule has 4 rings (SSSR count). The van der Waals surface area contributed by atoms with Gasteiger partial charge < -0.3 is 20.1 Å². The quantitative estimate of drug-likeness (QED) is 0.238. The van der Waals surface area contributed by atoms with Gasteiger partial charge in [0.1, 0.15) is 12.4 Å². The van der Waals surface area contributed by atoms with Crippen LogP contribution in [0, 0.1) is 10.1 Å². The summed E-state index contributed by atoms with van der Waals surface area (Å²) in [5.74, 6) is 0.493. The van der Waals surface area contributed by atoms with Crippen LogP contribution in [0.5, 0.6) is 11.5 Å². The number of para-hydroxylation sites is 1. The van der Waals surface area contributed by atoms with Crippen LogP contribution < -0.4 is 10.1 Å². The molecule has 1 aromatic heterocycles. The summed E-state index contributed by atoms with van der Waals surface area (Å²) in [7, 11) is 0. The van der Waals surface area contributed by atoms with E-state index in [1.807, 2.05) is 24.3 Å². The van der Waals surface area contributed by atoms with Gasteiger partial charge in [-0.05, 0) is 42.8 Å². The number of aromatic nitrogens is 1. The van der Waals surface area contributed by atoms with Crippen molar-refractivity contribution in [2.75, 3.05) is 19.7 Å². The Balaban J connectivity index is 1.26. The lowest BCUT2D eigenvalue weighted by Gasteiger charge is -2.08. The second-order valence-electron chi connectivity index (χ2n) is 6.81. The van der Waals surface area contributed by atoms with Crippen molar-refractivity contribution in [3.8, 4) is 11.5 Å². The summed E-state index contributed by atoms with van der Waals surface area (Å²) >= 11 is 0. The molecule has 0 spiro atoms. The average Bonchev–Trinajstić information content (AvgIpc) is 3.09. The van der Waals surface area contributed by atoms with Crippen LogP contribution in [0.3, 0.4) is 0 Å². The van der Waals surface area contributed by atoms with Gasteiger partial charge in [0, 0.05) is 35.0 Å². The summed E-state index contributed by atoms with van der Waals surface area (Å²) < 4.78 is 5.82. The molecule has 0 amide bonds. The van der Waals surface area contributed by atoms with Crippen LogP contribution >= 0.6 is 0 Å². The number of nitro benzene ring substituents is 1. The van der Waals surface area contributed by atoms with Crippen LogP contribution in [0.25, 0.3) is 21.8 Å². The molecule has 0 fully saturated rings. The Bertz CT molecular complexity index is 1170. The number of nitro groups is 1. The number of rotatable bonds is 8. The van der Waals surface area contributed by atoms with E-state index in [-0.39, 0.29) is 11.4 Å². The Hall–Kier alpha value is -3.58. The zero-order valence-corrected chi connectivity index (χ0v) is 15.7. The fourth-order valence-corrected chi connectivity index (χ4v) is 3.39. The molecule has 29 heavy (non-hydrogen) atoms. The average molecular weight is 391 g/mol. The Labute approximate surface area is 167 Å². The van der Waals surface area contributed by atoms with Crippen LogP contribution in [0.2, 0.25) is 0 Å². The highest BCUT2D eigenvalue weighted by Gasteiger charge is 2.13. The van der Waals surface area contributed by atoms with Crippen molar-refractivity contribution in [3.05, 3.63) is 76.3 Å². The van der Waals surface area contributed by atoms with Crippen molar-refractivity contribution in [2.24, 2.45) is 0 Å². The van der Waals surface area contributed by atoms with Crippen LogP contribution in [0.4, 0.5) is 5.69 Å². The van der Waals surface area contributed by atoms with E-state index in [1.54, 1.807) is 6.07 Å². The molecule has 1 heterocycles. The monoisotopic (exact) mass is 391 g/mol. The number of phenolic OH excluding ortho intramolecular Hbond substituents is 1. The first-order valence-corrected chi connectivity index (χ1v) is 9.42. The molecule has 0 bridgehead atoms. The van der Waals surface area contributed by atoms with Gasteiger partial charge in [0.15, 0.2) is 5.75 Å². The van der Waals surface area contributed by atoms with Crippen molar-refractivity contribution < 1.29 is 14.8 Å². The summed E-state index contributed by atoms with van der Waals surface area (Å²) in [6.07, 6.45) is 0.627. The Kier molecular flexibility index (Phi) is 5.31. The van der Waals surface area contributed by atoms with Gasteiger partial charge in [-0.1, -0.05) is 24.3 Å². The minimum Gasteiger partial charge on any atom is -0.502 e. The molecule has 4 aromatic rings. The van der Waals surface area contributed by atoms with E-state index in [4.69, 9.17) is 4.74 Å². The molecule has 0 aliphatic carbocycles. The molecule has 7 heteroatoms. The fourth-order valence-electron chi connectivity index (χ4n) is 3.39. The van der Waals surface area contributed by atoms with E-state index in [1.165, 1.54) is 22.9 Å². The van der Waals surface area contributed by atoms with Crippen molar-refractivity contribution in [1.82, 2.24) is 10.3 Å². The number of hydrogen-bond donors (Lipinski definition) is 3. The smallest absolute Gasteiger partial charge is 0.310 e. The Morgan fingerprint density at radius 3 is 2.69 bits per heavy atom. The number of hydrogen-bond acceptors (Lipinski definition) is 5. The zero-order chi connectivity index (χ0) is 20.2. The predicted molar refractivity (Wildman–Crippen MR) is 113 cm³/mol. The first kappa shape index (κ1) is 18.8. The van der Waals surface area contributed by atoms with Crippen LogP contribution in [-0.4, -0.2) is 34.7 Å². The SMILES string of the molecule is O=[N+]([O-])c1cc(CCNCCOc2ccc3c(c2)[nH]c2ccccc23)ccc1O. The molecule has 0 aliphatic rings. The fraction of sp³-hybridized carbons (Fsp3) is 0.182. The highest BCUT2D eigenvalue weighted by atomic mass is 16.6. The van der Waals surface area contributed by atoms with Crippen LogP contribution in [0.15, 0.2) is 60.7 Å². The molecule has 0 atom stereocenters. The zero-order valence-electron chi connectivity index (χ0n) is 15.7. The molecule has 0 saturated heterocycles. The van der Waals surface area contributed by atoms with E-state index in [2.05, 4.69) is 28.5 Å². The molecule has 0 saturated carbocycles. The summed E-state index contributed by atoms with van der Waals surface area (Å²) in [6.45, 7) is 1.83. The third-order valence-electron chi connectivity index (χ3n) is 4.85. The van der Waals surface area contributed by atoms with Gasteiger partial charge in [0.05, 0.1) is 10.4 Å². The Morgan fingerprint density at radius 2 is 1.83 bits per heavy atom. The first-order valence-electron chi connectivity index (χ1n) is 9.42.